The Balaban J connectivity index is 1.45. The fourth-order valence-corrected chi connectivity index (χ4v) is 3.90. The number of nitrogens with zero attached hydrogens (tertiary/aromatic N) is 3. The lowest BCUT2D eigenvalue weighted by atomic mass is 10.1. The Morgan fingerprint density at radius 1 is 1.19 bits per heavy atom. The number of hydrogen-bond donors (Lipinski definition) is 2. The van der Waals surface area contributed by atoms with Gasteiger partial charge in [-0.05, 0) is 43.0 Å². The Kier molecular flexibility index (Phi) is 6.14. The van der Waals surface area contributed by atoms with E-state index in [0.717, 1.165) is 24.0 Å². The molecule has 3 amide bonds. The number of halogens is 1. The largest absolute Gasteiger partial charge is 0.364 e. The molecular formula is C23H24ClN5O3. The van der Waals surface area contributed by atoms with Crippen LogP contribution in [0.15, 0.2) is 42.5 Å². The molecule has 0 atom stereocenters. The second kappa shape index (κ2) is 9.00. The lowest BCUT2D eigenvalue weighted by Gasteiger charge is -2.22. The highest BCUT2D eigenvalue weighted by Gasteiger charge is 2.34. The molecule has 0 radical (unpaired) electrons. The molecule has 0 saturated heterocycles. The van der Waals surface area contributed by atoms with Crippen LogP contribution in [-0.4, -0.2) is 45.0 Å². The van der Waals surface area contributed by atoms with Gasteiger partial charge in [0, 0.05) is 23.0 Å². The third-order valence-corrected chi connectivity index (χ3v) is 6.06. The molecule has 4 rings (SSSR count). The van der Waals surface area contributed by atoms with Crippen LogP contribution < -0.4 is 11.1 Å². The number of primary amides is 1. The van der Waals surface area contributed by atoms with Crippen LogP contribution in [-0.2, 0) is 22.7 Å². The standard InChI is InChI=1S/C23H24ClN5O3/c1-14-15(5-4-7-18(14)24)11-26-20(30)12-28(16-9-10-16)21(31)13-29-19-8-3-2-6-17(19)22(27-29)23(25)32/h2-8,16H,9-13H2,1H3,(H2,25,32)(H,26,30). The van der Waals surface area contributed by atoms with Crippen molar-refractivity contribution < 1.29 is 14.4 Å². The first-order valence-electron chi connectivity index (χ1n) is 10.4. The SMILES string of the molecule is Cc1c(Cl)cccc1CNC(=O)CN(C(=O)Cn1nc(C(N)=O)c2ccccc21)C1CC1. The van der Waals surface area contributed by atoms with Gasteiger partial charge in [-0.25, -0.2) is 0 Å². The third kappa shape index (κ3) is 4.60. The summed E-state index contributed by atoms with van der Waals surface area (Å²) < 4.78 is 1.47. The molecule has 1 aliphatic rings. The van der Waals surface area contributed by atoms with Gasteiger partial charge in [-0.1, -0.05) is 41.9 Å². The fraction of sp³-hybridized carbons (Fsp3) is 0.304. The Hall–Kier alpha value is -3.39. The Morgan fingerprint density at radius 3 is 2.66 bits per heavy atom. The van der Waals surface area contributed by atoms with E-state index in [9.17, 15) is 14.4 Å². The number of aromatic nitrogens is 2. The van der Waals surface area contributed by atoms with Crippen LogP contribution in [0.4, 0.5) is 0 Å². The summed E-state index contributed by atoms with van der Waals surface area (Å²) in [5.41, 5.74) is 8.05. The molecule has 0 aliphatic heterocycles. The summed E-state index contributed by atoms with van der Waals surface area (Å²) in [7, 11) is 0. The maximum absolute atomic E-state index is 13.1. The van der Waals surface area contributed by atoms with Crippen molar-refractivity contribution in [1.82, 2.24) is 20.0 Å². The summed E-state index contributed by atoms with van der Waals surface area (Å²) in [5.74, 6) is -1.12. The first kappa shape index (κ1) is 21.8. The van der Waals surface area contributed by atoms with Crippen LogP contribution in [0.2, 0.25) is 5.02 Å². The average Bonchev–Trinajstić information content (AvgIpc) is 3.54. The lowest BCUT2D eigenvalue weighted by Crippen LogP contribution is -2.43. The van der Waals surface area contributed by atoms with Crippen molar-refractivity contribution in [3.63, 3.8) is 0 Å². The Bertz CT molecular complexity index is 1200. The Morgan fingerprint density at radius 2 is 1.94 bits per heavy atom. The summed E-state index contributed by atoms with van der Waals surface area (Å²) in [4.78, 5) is 39.0. The van der Waals surface area contributed by atoms with Crippen LogP contribution in [0.25, 0.3) is 10.9 Å². The maximum Gasteiger partial charge on any atom is 0.269 e. The number of carbonyl (C=O) groups is 3. The van der Waals surface area contributed by atoms with Gasteiger partial charge in [0.2, 0.25) is 11.8 Å². The summed E-state index contributed by atoms with van der Waals surface area (Å²) in [6.45, 7) is 2.12. The van der Waals surface area contributed by atoms with E-state index in [2.05, 4.69) is 10.4 Å². The van der Waals surface area contributed by atoms with E-state index in [1.54, 1.807) is 35.2 Å². The van der Waals surface area contributed by atoms with Gasteiger partial charge in [0.05, 0.1) is 12.1 Å². The lowest BCUT2D eigenvalue weighted by molar-refractivity contribution is -0.137. The number of nitrogens with two attached hydrogens (primary N) is 1. The molecule has 8 nitrogen and oxygen atoms in total. The molecule has 1 fully saturated rings. The molecule has 166 valence electrons. The quantitative estimate of drug-likeness (QED) is 0.545. The third-order valence-electron chi connectivity index (χ3n) is 5.65. The topological polar surface area (TPSA) is 110 Å². The van der Waals surface area contributed by atoms with E-state index in [-0.39, 0.29) is 36.6 Å². The van der Waals surface area contributed by atoms with Crippen LogP contribution in [0.1, 0.15) is 34.5 Å². The van der Waals surface area contributed by atoms with Crippen molar-refractivity contribution in [1.29, 1.82) is 0 Å². The van der Waals surface area contributed by atoms with Crippen molar-refractivity contribution in [2.75, 3.05) is 6.54 Å². The molecule has 1 heterocycles. The van der Waals surface area contributed by atoms with Crippen molar-refractivity contribution >= 4 is 40.2 Å². The van der Waals surface area contributed by atoms with Crippen molar-refractivity contribution in [2.45, 2.75) is 38.9 Å². The number of rotatable bonds is 8. The molecule has 1 saturated carbocycles. The van der Waals surface area contributed by atoms with Gasteiger partial charge in [0.25, 0.3) is 5.91 Å². The highest BCUT2D eigenvalue weighted by atomic mass is 35.5. The predicted molar refractivity (Wildman–Crippen MR) is 121 cm³/mol. The summed E-state index contributed by atoms with van der Waals surface area (Å²) >= 11 is 6.14. The molecule has 3 N–H and O–H groups in total. The van der Waals surface area contributed by atoms with Gasteiger partial charge in [-0.3, -0.25) is 19.1 Å². The van der Waals surface area contributed by atoms with Gasteiger partial charge in [0.1, 0.15) is 6.54 Å². The molecule has 1 aromatic heterocycles. The number of hydrogen-bond acceptors (Lipinski definition) is 4. The minimum absolute atomic E-state index is 0.0367. The highest BCUT2D eigenvalue weighted by molar-refractivity contribution is 6.31. The number of benzene rings is 2. The minimum atomic E-state index is -0.651. The van der Waals surface area contributed by atoms with Crippen LogP contribution in [0.3, 0.4) is 0 Å². The maximum atomic E-state index is 13.1. The monoisotopic (exact) mass is 453 g/mol. The summed E-state index contributed by atoms with van der Waals surface area (Å²) in [6.07, 6.45) is 1.72. The second-order valence-corrected chi connectivity index (χ2v) is 8.35. The molecule has 0 bridgehead atoms. The van der Waals surface area contributed by atoms with Gasteiger partial charge in [-0.15, -0.1) is 0 Å². The van der Waals surface area contributed by atoms with E-state index in [1.807, 2.05) is 19.1 Å². The number of nitrogens with one attached hydrogen (secondary N) is 1. The molecule has 3 aromatic rings. The van der Waals surface area contributed by atoms with Crippen molar-refractivity contribution in [2.24, 2.45) is 5.73 Å². The molecule has 32 heavy (non-hydrogen) atoms. The van der Waals surface area contributed by atoms with Crippen LogP contribution in [0, 0.1) is 6.92 Å². The zero-order valence-corrected chi connectivity index (χ0v) is 18.4. The molecule has 2 aromatic carbocycles. The molecule has 0 spiro atoms. The summed E-state index contributed by atoms with van der Waals surface area (Å²) in [5, 5.41) is 8.36. The van der Waals surface area contributed by atoms with Crippen LogP contribution >= 0.6 is 11.6 Å². The Labute approximate surface area is 190 Å². The van der Waals surface area contributed by atoms with Crippen molar-refractivity contribution in [3.05, 3.63) is 64.3 Å². The number of amides is 3. The normalized spacial score (nSPS) is 13.2. The number of para-hydroxylation sites is 1. The van der Waals surface area contributed by atoms with E-state index in [4.69, 9.17) is 17.3 Å². The number of fused-ring (bicyclic) bond motifs is 1. The van der Waals surface area contributed by atoms with E-state index in [0.29, 0.717) is 22.5 Å². The van der Waals surface area contributed by atoms with Gasteiger partial charge < -0.3 is 16.0 Å². The molecular weight excluding hydrogens is 430 g/mol. The highest BCUT2D eigenvalue weighted by Crippen LogP contribution is 2.27. The number of carbonyl (C=O) groups excluding carboxylic acids is 3. The molecule has 0 unspecified atom stereocenters. The zero-order chi connectivity index (χ0) is 22.8. The second-order valence-electron chi connectivity index (χ2n) is 7.94. The minimum Gasteiger partial charge on any atom is -0.364 e. The smallest absolute Gasteiger partial charge is 0.269 e. The molecule has 9 heteroatoms. The van der Waals surface area contributed by atoms with Crippen molar-refractivity contribution in [3.8, 4) is 0 Å². The van der Waals surface area contributed by atoms with Gasteiger partial charge in [-0.2, -0.15) is 5.10 Å². The summed E-state index contributed by atoms with van der Waals surface area (Å²) in [6, 6.07) is 12.7. The first-order valence-corrected chi connectivity index (χ1v) is 10.8. The zero-order valence-electron chi connectivity index (χ0n) is 17.7. The van der Waals surface area contributed by atoms with Gasteiger partial charge >= 0.3 is 0 Å². The van der Waals surface area contributed by atoms with E-state index >= 15 is 0 Å². The van der Waals surface area contributed by atoms with E-state index in [1.165, 1.54) is 4.68 Å². The first-order chi connectivity index (χ1) is 15.3. The van der Waals surface area contributed by atoms with E-state index < -0.39 is 5.91 Å². The van der Waals surface area contributed by atoms with Crippen LogP contribution in [0.5, 0.6) is 0 Å². The van der Waals surface area contributed by atoms with Gasteiger partial charge in [0.15, 0.2) is 5.69 Å². The molecule has 1 aliphatic carbocycles. The predicted octanol–water partition coefficient (Wildman–Crippen LogP) is 2.40. The average molecular weight is 454 g/mol. The fourth-order valence-electron chi connectivity index (χ4n) is 3.70.